The third kappa shape index (κ3) is 3.68. The van der Waals surface area contributed by atoms with E-state index in [4.69, 9.17) is 0 Å². The van der Waals surface area contributed by atoms with Crippen molar-refractivity contribution in [2.75, 3.05) is 11.9 Å². The lowest BCUT2D eigenvalue weighted by Crippen LogP contribution is -2.30. The van der Waals surface area contributed by atoms with Gasteiger partial charge in [0.2, 0.25) is 0 Å². The van der Waals surface area contributed by atoms with E-state index < -0.39 is 17.7 Å². The molecule has 0 saturated heterocycles. The highest BCUT2D eigenvalue weighted by Gasteiger charge is 2.06. The number of amides is 2. The SMILES string of the molecule is C=C(C)CNC(=O)Nc1ccc(F)cc1F. The fourth-order valence-electron chi connectivity index (χ4n) is 0.989. The van der Waals surface area contributed by atoms with Gasteiger partial charge in [0.1, 0.15) is 11.6 Å². The number of hydrogen-bond donors (Lipinski definition) is 2. The van der Waals surface area contributed by atoms with Crippen LogP contribution in [0.25, 0.3) is 0 Å². The van der Waals surface area contributed by atoms with Crippen LogP contribution in [0.5, 0.6) is 0 Å². The fraction of sp³-hybridized carbons (Fsp3) is 0.182. The Hall–Kier alpha value is -1.91. The van der Waals surface area contributed by atoms with Gasteiger partial charge in [0.15, 0.2) is 0 Å². The molecule has 0 unspecified atom stereocenters. The van der Waals surface area contributed by atoms with Crippen molar-refractivity contribution in [2.24, 2.45) is 0 Å². The van der Waals surface area contributed by atoms with E-state index in [2.05, 4.69) is 17.2 Å². The number of hydrogen-bond acceptors (Lipinski definition) is 1. The second-order valence-corrected chi connectivity index (χ2v) is 3.39. The minimum absolute atomic E-state index is 0.0689. The number of carbonyl (C=O) groups is 1. The second kappa shape index (κ2) is 5.25. The molecule has 16 heavy (non-hydrogen) atoms. The monoisotopic (exact) mass is 226 g/mol. The van der Waals surface area contributed by atoms with Gasteiger partial charge in [-0.15, -0.1) is 0 Å². The van der Waals surface area contributed by atoms with Crippen molar-refractivity contribution in [1.29, 1.82) is 0 Å². The van der Waals surface area contributed by atoms with Gasteiger partial charge in [0.05, 0.1) is 5.69 Å². The Morgan fingerprint density at radius 1 is 1.44 bits per heavy atom. The average molecular weight is 226 g/mol. The summed E-state index contributed by atoms with van der Waals surface area (Å²) in [6.45, 7) is 5.65. The number of carbonyl (C=O) groups excluding carboxylic acids is 1. The molecule has 1 aromatic rings. The zero-order valence-corrected chi connectivity index (χ0v) is 8.81. The molecule has 0 fully saturated rings. The summed E-state index contributed by atoms with van der Waals surface area (Å²) in [5.41, 5.74) is 0.704. The number of benzene rings is 1. The summed E-state index contributed by atoms with van der Waals surface area (Å²) in [4.78, 5) is 11.2. The molecule has 0 aliphatic heterocycles. The molecule has 0 aromatic heterocycles. The molecule has 0 aliphatic rings. The molecule has 0 heterocycles. The Kier molecular flexibility index (Phi) is 3.99. The summed E-state index contributed by atoms with van der Waals surface area (Å²) in [6, 6.07) is 2.37. The van der Waals surface area contributed by atoms with Crippen LogP contribution in [0.3, 0.4) is 0 Å². The maximum absolute atomic E-state index is 13.1. The molecule has 0 bridgehead atoms. The number of urea groups is 1. The summed E-state index contributed by atoms with van der Waals surface area (Å²) < 4.78 is 25.7. The first-order valence-corrected chi connectivity index (χ1v) is 4.63. The highest BCUT2D eigenvalue weighted by molar-refractivity contribution is 5.89. The van der Waals surface area contributed by atoms with Crippen molar-refractivity contribution < 1.29 is 13.6 Å². The van der Waals surface area contributed by atoms with Crippen molar-refractivity contribution in [3.05, 3.63) is 42.0 Å². The average Bonchev–Trinajstić information content (AvgIpc) is 2.19. The van der Waals surface area contributed by atoms with Crippen molar-refractivity contribution in [1.82, 2.24) is 5.32 Å². The summed E-state index contributed by atoms with van der Waals surface area (Å²) in [5.74, 6) is -1.50. The lowest BCUT2D eigenvalue weighted by molar-refractivity contribution is 0.252. The van der Waals surface area contributed by atoms with E-state index >= 15 is 0 Å². The standard InChI is InChI=1S/C11H12F2N2O/c1-7(2)6-14-11(16)15-10-4-3-8(12)5-9(10)13/h3-5H,1,6H2,2H3,(H2,14,15,16). The fourth-order valence-corrected chi connectivity index (χ4v) is 0.989. The smallest absolute Gasteiger partial charge is 0.319 e. The van der Waals surface area contributed by atoms with Gasteiger partial charge in [-0.1, -0.05) is 12.2 Å². The van der Waals surface area contributed by atoms with E-state index in [-0.39, 0.29) is 5.69 Å². The molecule has 3 nitrogen and oxygen atoms in total. The molecule has 2 amide bonds. The minimum atomic E-state index is -0.814. The summed E-state index contributed by atoms with van der Waals surface area (Å²) >= 11 is 0. The summed E-state index contributed by atoms with van der Waals surface area (Å²) in [5, 5.41) is 4.72. The summed E-state index contributed by atoms with van der Waals surface area (Å²) in [7, 11) is 0. The van der Waals surface area contributed by atoms with E-state index in [9.17, 15) is 13.6 Å². The van der Waals surface area contributed by atoms with Gasteiger partial charge in [0, 0.05) is 12.6 Å². The Balaban J connectivity index is 2.59. The van der Waals surface area contributed by atoms with E-state index in [1.807, 2.05) is 0 Å². The molecule has 0 saturated carbocycles. The molecule has 1 aromatic carbocycles. The van der Waals surface area contributed by atoms with Gasteiger partial charge in [-0.2, -0.15) is 0 Å². The highest BCUT2D eigenvalue weighted by Crippen LogP contribution is 2.14. The van der Waals surface area contributed by atoms with Gasteiger partial charge < -0.3 is 10.6 Å². The lowest BCUT2D eigenvalue weighted by atomic mass is 10.3. The van der Waals surface area contributed by atoms with Crippen molar-refractivity contribution in [3.8, 4) is 0 Å². The third-order valence-electron chi connectivity index (χ3n) is 1.73. The molecule has 0 aliphatic carbocycles. The molecule has 0 atom stereocenters. The van der Waals surface area contributed by atoms with Crippen LogP contribution < -0.4 is 10.6 Å². The quantitative estimate of drug-likeness (QED) is 0.764. The molecule has 86 valence electrons. The van der Waals surface area contributed by atoms with Crippen LogP contribution in [0, 0.1) is 11.6 Å². The van der Waals surface area contributed by atoms with Crippen LogP contribution in [0.15, 0.2) is 30.4 Å². The molecule has 2 N–H and O–H groups in total. The maximum Gasteiger partial charge on any atom is 0.319 e. The van der Waals surface area contributed by atoms with Gasteiger partial charge in [0.25, 0.3) is 0 Å². The van der Waals surface area contributed by atoms with Gasteiger partial charge >= 0.3 is 6.03 Å². The topological polar surface area (TPSA) is 41.1 Å². The number of rotatable bonds is 3. The first-order valence-electron chi connectivity index (χ1n) is 4.63. The number of nitrogens with one attached hydrogen (secondary N) is 2. The predicted molar refractivity (Wildman–Crippen MR) is 58.2 cm³/mol. The van der Waals surface area contributed by atoms with Crippen LogP contribution >= 0.6 is 0 Å². The Morgan fingerprint density at radius 2 is 2.12 bits per heavy atom. The second-order valence-electron chi connectivity index (χ2n) is 3.39. The van der Waals surface area contributed by atoms with Gasteiger partial charge in [-0.05, 0) is 19.1 Å². The zero-order valence-electron chi connectivity index (χ0n) is 8.81. The highest BCUT2D eigenvalue weighted by atomic mass is 19.1. The molecule has 5 heteroatoms. The Morgan fingerprint density at radius 3 is 2.69 bits per heavy atom. The largest absolute Gasteiger partial charge is 0.334 e. The normalized spacial score (nSPS) is 9.69. The molecule has 1 rings (SSSR count). The number of halogens is 2. The maximum atomic E-state index is 13.1. The zero-order chi connectivity index (χ0) is 12.1. The van der Waals surface area contributed by atoms with Gasteiger partial charge in [-0.3, -0.25) is 0 Å². The number of anilines is 1. The van der Waals surface area contributed by atoms with E-state index in [0.717, 1.165) is 17.7 Å². The lowest BCUT2D eigenvalue weighted by Gasteiger charge is -2.08. The first kappa shape index (κ1) is 12.2. The van der Waals surface area contributed by atoms with E-state index in [1.54, 1.807) is 6.92 Å². The van der Waals surface area contributed by atoms with Crippen molar-refractivity contribution >= 4 is 11.7 Å². The predicted octanol–water partition coefficient (Wildman–Crippen LogP) is 2.66. The van der Waals surface area contributed by atoms with E-state index in [0.29, 0.717) is 12.6 Å². The van der Waals surface area contributed by atoms with Crippen molar-refractivity contribution in [2.45, 2.75) is 6.92 Å². The van der Waals surface area contributed by atoms with Crippen LogP contribution in [-0.4, -0.2) is 12.6 Å². The minimum Gasteiger partial charge on any atom is -0.334 e. The van der Waals surface area contributed by atoms with Crippen LogP contribution in [0.4, 0.5) is 19.3 Å². The third-order valence-corrected chi connectivity index (χ3v) is 1.73. The van der Waals surface area contributed by atoms with Crippen LogP contribution in [0.2, 0.25) is 0 Å². The molecule has 0 radical (unpaired) electrons. The van der Waals surface area contributed by atoms with E-state index in [1.165, 1.54) is 0 Å². The first-order chi connectivity index (χ1) is 7.49. The Labute approximate surface area is 92.2 Å². The molecule has 0 spiro atoms. The van der Waals surface area contributed by atoms with Crippen molar-refractivity contribution in [3.63, 3.8) is 0 Å². The summed E-state index contributed by atoms with van der Waals surface area (Å²) in [6.07, 6.45) is 0. The molecular formula is C11H12F2N2O. The Bertz CT molecular complexity index is 418. The van der Waals surface area contributed by atoms with Gasteiger partial charge in [-0.25, -0.2) is 13.6 Å². The molecular weight excluding hydrogens is 214 g/mol. The van der Waals surface area contributed by atoms with Crippen LogP contribution in [0.1, 0.15) is 6.92 Å². The van der Waals surface area contributed by atoms with Crippen LogP contribution in [-0.2, 0) is 0 Å².